The molecule has 0 atom stereocenters. The highest BCUT2D eigenvalue weighted by atomic mass is 16.4. The Labute approximate surface area is 197 Å². The number of rotatable bonds is 7. The summed E-state index contributed by atoms with van der Waals surface area (Å²) in [7, 11) is 0. The van der Waals surface area contributed by atoms with Crippen molar-refractivity contribution in [2.45, 2.75) is 25.7 Å². The molecule has 8 heteroatoms. The van der Waals surface area contributed by atoms with Crippen molar-refractivity contribution in [3.63, 3.8) is 0 Å². The van der Waals surface area contributed by atoms with Crippen LogP contribution >= 0.6 is 0 Å². The van der Waals surface area contributed by atoms with Gasteiger partial charge in [-0.3, -0.25) is 9.59 Å². The van der Waals surface area contributed by atoms with Gasteiger partial charge in [0.2, 0.25) is 5.91 Å². The highest BCUT2D eigenvalue weighted by molar-refractivity contribution is 6.07. The lowest BCUT2D eigenvalue weighted by molar-refractivity contribution is 0.0941. The number of pyridine rings is 1. The van der Waals surface area contributed by atoms with E-state index in [4.69, 9.17) is 15.8 Å². The summed E-state index contributed by atoms with van der Waals surface area (Å²) in [5.41, 5.74) is 8.34. The second-order valence-corrected chi connectivity index (χ2v) is 8.80. The van der Waals surface area contributed by atoms with Crippen LogP contribution in [0.3, 0.4) is 0 Å². The molecular weight excluding hydrogens is 432 g/mol. The summed E-state index contributed by atoms with van der Waals surface area (Å²) in [5, 5.41) is 15.1. The van der Waals surface area contributed by atoms with E-state index in [0.717, 1.165) is 31.1 Å². The maximum Gasteiger partial charge on any atom is 0.404 e. The highest BCUT2D eigenvalue weighted by Gasteiger charge is 2.23. The largest absolute Gasteiger partial charge is 0.465 e. The highest BCUT2D eigenvalue weighted by Crippen LogP contribution is 2.29. The number of hydrogen-bond donors (Lipinski definition) is 4. The van der Waals surface area contributed by atoms with Crippen LogP contribution in [0, 0.1) is 11.8 Å². The van der Waals surface area contributed by atoms with Gasteiger partial charge in [-0.05, 0) is 61.8 Å². The Bertz CT molecular complexity index is 1220. The van der Waals surface area contributed by atoms with Gasteiger partial charge in [-0.1, -0.05) is 30.3 Å². The van der Waals surface area contributed by atoms with Crippen molar-refractivity contribution in [2.75, 3.05) is 13.1 Å². The summed E-state index contributed by atoms with van der Waals surface area (Å²) >= 11 is 0. The number of carbonyl (C=O) groups is 3. The first kappa shape index (κ1) is 23.2. The molecule has 3 amide bonds. The van der Waals surface area contributed by atoms with Crippen molar-refractivity contribution in [1.29, 1.82) is 0 Å². The summed E-state index contributed by atoms with van der Waals surface area (Å²) < 4.78 is 0. The molecule has 34 heavy (non-hydrogen) atoms. The van der Waals surface area contributed by atoms with Gasteiger partial charge in [-0.25, -0.2) is 9.78 Å². The standard InChI is InChI=1S/C26H28N4O4/c27-24(31)19-5-3-4-18(12-19)23-13-21(20-6-1-2-7-22(20)30-23)25(32)28-14-16-8-10-17(11-9-16)15-29-26(33)34/h1-7,12-13,16-17,29H,8-11,14-15H2,(H2,27,31)(H,28,32)(H,33,34). The quantitative estimate of drug-likeness (QED) is 0.425. The zero-order valence-electron chi connectivity index (χ0n) is 18.8. The Hall–Kier alpha value is -3.94. The van der Waals surface area contributed by atoms with E-state index < -0.39 is 12.0 Å². The van der Waals surface area contributed by atoms with Gasteiger partial charge in [0, 0.05) is 29.6 Å². The van der Waals surface area contributed by atoms with Crippen molar-refractivity contribution in [3.8, 4) is 11.3 Å². The number of hydrogen-bond acceptors (Lipinski definition) is 4. The SMILES string of the molecule is NC(=O)c1cccc(-c2cc(C(=O)NCC3CCC(CNC(=O)O)CC3)c3ccccc3n2)c1. The molecule has 3 aromatic rings. The number of aromatic nitrogens is 1. The van der Waals surface area contributed by atoms with E-state index in [1.54, 1.807) is 24.3 Å². The van der Waals surface area contributed by atoms with Crippen molar-refractivity contribution in [2.24, 2.45) is 17.6 Å². The molecule has 0 bridgehead atoms. The van der Waals surface area contributed by atoms with E-state index in [1.165, 1.54) is 0 Å². The van der Waals surface area contributed by atoms with Crippen LogP contribution < -0.4 is 16.4 Å². The molecule has 8 nitrogen and oxygen atoms in total. The molecule has 0 spiro atoms. The van der Waals surface area contributed by atoms with Crippen LogP contribution in [0.5, 0.6) is 0 Å². The molecule has 4 rings (SSSR count). The van der Waals surface area contributed by atoms with Crippen LogP contribution in [0.4, 0.5) is 4.79 Å². The molecule has 0 unspecified atom stereocenters. The second kappa shape index (κ2) is 10.3. The van der Waals surface area contributed by atoms with Crippen LogP contribution in [0.15, 0.2) is 54.6 Å². The van der Waals surface area contributed by atoms with E-state index in [-0.39, 0.29) is 5.91 Å². The van der Waals surface area contributed by atoms with Gasteiger partial charge in [-0.15, -0.1) is 0 Å². The number of primary amides is 1. The number of nitrogens with zero attached hydrogens (tertiary/aromatic N) is 1. The zero-order chi connectivity index (χ0) is 24.1. The number of fused-ring (bicyclic) bond motifs is 1. The van der Waals surface area contributed by atoms with E-state index in [2.05, 4.69) is 10.6 Å². The Kier molecular flexibility index (Phi) is 7.06. The molecule has 1 heterocycles. The third-order valence-corrected chi connectivity index (χ3v) is 6.46. The molecule has 1 fully saturated rings. The molecule has 1 aliphatic rings. The molecule has 176 valence electrons. The minimum Gasteiger partial charge on any atom is -0.465 e. The number of para-hydroxylation sites is 1. The van der Waals surface area contributed by atoms with Crippen LogP contribution in [0.2, 0.25) is 0 Å². The van der Waals surface area contributed by atoms with E-state index in [9.17, 15) is 14.4 Å². The number of carboxylic acid groups (broad SMARTS) is 1. The molecule has 0 aliphatic heterocycles. The predicted molar refractivity (Wildman–Crippen MR) is 130 cm³/mol. The smallest absolute Gasteiger partial charge is 0.404 e. The number of nitrogens with two attached hydrogens (primary N) is 1. The summed E-state index contributed by atoms with van der Waals surface area (Å²) in [4.78, 5) is 40.2. The maximum atomic E-state index is 13.2. The van der Waals surface area contributed by atoms with Gasteiger partial charge in [0.25, 0.3) is 5.91 Å². The first-order chi connectivity index (χ1) is 16.4. The molecule has 2 aromatic carbocycles. The molecule has 5 N–H and O–H groups in total. The topological polar surface area (TPSA) is 134 Å². The monoisotopic (exact) mass is 460 g/mol. The number of carbonyl (C=O) groups excluding carboxylic acids is 2. The molecular formula is C26H28N4O4. The first-order valence-electron chi connectivity index (χ1n) is 11.5. The molecule has 1 aliphatic carbocycles. The fourth-order valence-electron chi connectivity index (χ4n) is 4.55. The normalized spacial score (nSPS) is 17.8. The predicted octanol–water partition coefficient (Wildman–Crippen LogP) is 3.80. The number of amides is 3. The fraction of sp³-hybridized carbons (Fsp3) is 0.308. The van der Waals surface area contributed by atoms with Crippen molar-refractivity contribution < 1.29 is 19.5 Å². The average molecular weight is 461 g/mol. The van der Waals surface area contributed by atoms with Crippen molar-refractivity contribution in [3.05, 3.63) is 65.7 Å². The maximum absolute atomic E-state index is 13.2. The second-order valence-electron chi connectivity index (χ2n) is 8.80. The Morgan fingerprint density at radius 1 is 0.912 bits per heavy atom. The van der Waals surface area contributed by atoms with Gasteiger partial charge in [0.1, 0.15) is 0 Å². The van der Waals surface area contributed by atoms with Gasteiger partial charge in [0.05, 0.1) is 16.8 Å². The Balaban J connectivity index is 1.49. The molecule has 1 saturated carbocycles. The van der Waals surface area contributed by atoms with E-state index in [0.29, 0.717) is 52.8 Å². The average Bonchev–Trinajstić information content (AvgIpc) is 2.86. The van der Waals surface area contributed by atoms with Crippen LogP contribution in [0.1, 0.15) is 46.4 Å². The van der Waals surface area contributed by atoms with E-state index >= 15 is 0 Å². The van der Waals surface area contributed by atoms with Gasteiger partial charge >= 0.3 is 6.09 Å². The third-order valence-electron chi connectivity index (χ3n) is 6.46. The summed E-state index contributed by atoms with van der Waals surface area (Å²) in [6.07, 6.45) is 2.81. The van der Waals surface area contributed by atoms with Crippen LogP contribution in [-0.2, 0) is 0 Å². The first-order valence-corrected chi connectivity index (χ1v) is 11.5. The fourth-order valence-corrected chi connectivity index (χ4v) is 4.55. The lowest BCUT2D eigenvalue weighted by Gasteiger charge is -2.28. The summed E-state index contributed by atoms with van der Waals surface area (Å²) in [5.74, 6) is 0.0328. The lowest BCUT2D eigenvalue weighted by Crippen LogP contribution is -2.34. The Morgan fingerprint density at radius 2 is 1.59 bits per heavy atom. The van der Waals surface area contributed by atoms with Gasteiger partial charge in [0.15, 0.2) is 0 Å². The molecule has 0 saturated heterocycles. The van der Waals surface area contributed by atoms with Gasteiger partial charge < -0.3 is 21.5 Å². The van der Waals surface area contributed by atoms with Crippen molar-refractivity contribution >= 4 is 28.8 Å². The molecule has 1 aromatic heterocycles. The van der Waals surface area contributed by atoms with Crippen LogP contribution in [0.25, 0.3) is 22.2 Å². The van der Waals surface area contributed by atoms with Gasteiger partial charge in [-0.2, -0.15) is 0 Å². The van der Waals surface area contributed by atoms with Crippen LogP contribution in [-0.4, -0.2) is 41.1 Å². The molecule has 0 radical (unpaired) electrons. The van der Waals surface area contributed by atoms with Crippen molar-refractivity contribution in [1.82, 2.24) is 15.6 Å². The Morgan fingerprint density at radius 3 is 2.26 bits per heavy atom. The third kappa shape index (κ3) is 5.51. The lowest BCUT2D eigenvalue weighted by atomic mass is 9.82. The number of benzene rings is 2. The minimum absolute atomic E-state index is 0.166. The zero-order valence-corrected chi connectivity index (χ0v) is 18.8. The number of nitrogens with one attached hydrogen (secondary N) is 2. The summed E-state index contributed by atoms with van der Waals surface area (Å²) in [6.45, 7) is 1.05. The minimum atomic E-state index is -0.986. The summed E-state index contributed by atoms with van der Waals surface area (Å²) in [6, 6.07) is 16.1. The van der Waals surface area contributed by atoms with E-state index in [1.807, 2.05) is 30.3 Å².